The summed E-state index contributed by atoms with van der Waals surface area (Å²) in [5.41, 5.74) is 5.18. The first-order chi connectivity index (χ1) is 22.7. The quantitative estimate of drug-likeness (QED) is 0.101. The summed E-state index contributed by atoms with van der Waals surface area (Å²) in [6.45, 7) is 5.56. The van der Waals surface area contributed by atoms with Crippen LogP contribution in [0, 0.1) is 30.9 Å². The number of aromatic nitrogens is 3. The Labute approximate surface area is 279 Å². The average Bonchev–Trinajstić information content (AvgIpc) is 3.83. The first kappa shape index (κ1) is 31.8. The van der Waals surface area contributed by atoms with Crippen molar-refractivity contribution in [2.24, 2.45) is 5.10 Å². The third-order valence-electron chi connectivity index (χ3n) is 7.87. The number of thiophene rings is 1. The monoisotopic (exact) mass is 665 g/mol. The maximum Gasteiger partial charge on any atom is 0.273 e. The van der Waals surface area contributed by atoms with Gasteiger partial charge in [-0.05, 0) is 61.5 Å². The van der Waals surface area contributed by atoms with Crippen LogP contribution >= 0.6 is 23.1 Å². The van der Waals surface area contributed by atoms with Gasteiger partial charge in [-0.2, -0.15) is 5.10 Å². The van der Waals surface area contributed by atoms with E-state index in [0.29, 0.717) is 17.4 Å². The Bertz CT molecular complexity index is 1990. The lowest BCUT2D eigenvalue weighted by atomic mass is 10.00. The Kier molecular flexibility index (Phi) is 9.27. The minimum Gasteiger partial charge on any atom is -0.345 e. The Morgan fingerprint density at radius 3 is 2.51 bits per heavy atom. The fraction of sp³-hybridized carbons (Fsp3) is 0.206. The van der Waals surface area contributed by atoms with E-state index in [1.807, 2.05) is 84.5 Å². The zero-order valence-corrected chi connectivity index (χ0v) is 27.5. The van der Waals surface area contributed by atoms with Crippen molar-refractivity contribution in [3.63, 3.8) is 0 Å². The van der Waals surface area contributed by atoms with Crippen molar-refractivity contribution in [1.82, 2.24) is 25.1 Å². The molecule has 3 heterocycles. The minimum absolute atomic E-state index is 0.00645. The number of hydrogen-bond donors (Lipinski definition) is 1. The lowest BCUT2D eigenvalue weighted by Crippen LogP contribution is -2.28. The molecule has 3 aromatic carbocycles. The zero-order chi connectivity index (χ0) is 33.1. The maximum absolute atomic E-state index is 13.8. The predicted molar refractivity (Wildman–Crippen MR) is 182 cm³/mol. The van der Waals surface area contributed by atoms with Crippen molar-refractivity contribution >= 4 is 46.3 Å². The number of hydrazone groups is 1. The molecular weight excluding hydrogens is 635 g/mol. The molecule has 11 nitrogen and oxygen atoms in total. The van der Waals surface area contributed by atoms with Gasteiger partial charge < -0.3 is 5.32 Å². The van der Waals surface area contributed by atoms with E-state index >= 15 is 0 Å². The number of nitrogens with one attached hydrogen (secondary N) is 1. The number of aryl methyl sites for hydroxylation is 2. The number of hydrogen-bond acceptors (Lipinski definition) is 9. The molecule has 0 saturated carbocycles. The summed E-state index contributed by atoms with van der Waals surface area (Å²) in [6, 6.07) is 24.1. The molecule has 0 radical (unpaired) electrons. The van der Waals surface area contributed by atoms with E-state index < -0.39 is 10.8 Å². The smallest absolute Gasteiger partial charge is 0.273 e. The molecule has 0 saturated heterocycles. The largest absolute Gasteiger partial charge is 0.345 e. The van der Waals surface area contributed by atoms with Gasteiger partial charge in [0.15, 0.2) is 11.0 Å². The molecule has 1 aliphatic rings. The molecular formula is C34H31N7O4S2. The van der Waals surface area contributed by atoms with Crippen LogP contribution in [0.2, 0.25) is 0 Å². The molecule has 1 aliphatic heterocycles. The fourth-order valence-corrected chi connectivity index (χ4v) is 6.97. The predicted octanol–water partition coefficient (Wildman–Crippen LogP) is 6.56. The second-order valence-corrected chi connectivity index (χ2v) is 13.0. The summed E-state index contributed by atoms with van der Waals surface area (Å²) in [6.07, 6.45) is 0.618. The van der Waals surface area contributed by atoms with Crippen molar-refractivity contribution < 1.29 is 14.5 Å². The SMILES string of the molecule is Cc1ccc([C@@H]2CC(c3cccs3)=NN2C(=O)CSc2nnc(CNC(=O)c3cccc([N+](=O)[O-])c3C)n2-c2cccc(C)c2)cc1. The van der Waals surface area contributed by atoms with E-state index in [0.717, 1.165) is 33.0 Å². The molecule has 2 aromatic heterocycles. The molecule has 1 N–H and O–H groups in total. The molecule has 6 rings (SSSR count). The number of rotatable bonds is 10. The summed E-state index contributed by atoms with van der Waals surface area (Å²) >= 11 is 2.84. The first-order valence-electron chi connectivity index (χ1n) is 14.9. The van der Waals surface area contributed by atoms with Gasteiger partial charge in [0.25, 0.3) is 17.5 Å². The normalized spacial score (nSPS) is 14.2. The maximum atomic E-state index is 13.8. The van der Waals surface area contributed by atoms with E-state index in [-0.39, 0.29) is 41.1 Å². The molecule has 238 valence electrons. The first-order valence-corrected chi connectivity index (χ1v) is 16.7. The average molecular weight is 666 g/mol. The number of carbonyl (C=O) groups excluding carboxylic acids is 2. The van der Waals surface area contributed by atoms with E-state index in [9.17, 15) is 19.7 Å². The number of thioether (sulfide) groups is 1. The van der Waals surface area contributed by atoms with Crippen molar-refractivity contribution in [2.75, 3.05) is 5.75 Å². The van der Waals surface area contributed by atoms with Crippen molar-refractivity contribution in [3.8, 4) is 5.69 Å². The van der Waals surface area contributed by atoms with Crippen LogP contribution in [0.3, 0.4) is 0 Å². The van der Waals surface area contributed by atoms with Gasteiger partial charge >= 0.3 is 0 Å². The van der Waals surface area contributed by atoms with Gasteiger partial charge in [-0.3, -0.25) is 24.3 Å². The van der Waals surface area contributed by atoms with Crippen LogP contribution in [0.5, 0.6) is 0 Å². The molecule has 47 heavy (non-hydrogen) atoms. The lowest BCUT2D eigenvalue weighted by molar-refractivity contribution is -0.385. The van der Waals surface area contributed by atoms with Crippen LogP contribution in [0.4, 0.5) is 5.69 Å². The summed E-state index contributed by atoms with van der Waals surface area (Å²) in [7, 11) is 0. The van der Waals surface area contributed by atoms with Crippen molar-refractivity contribution in [1.29, 1.82) is 0 Å². The molecule has 0 spiro atoms. The van der Waals surface area contributed by atoms with Crippen molar-refractivity contribution in [2.45, 2.75) is 44.9 Å². The number of nitrogens with zero attached hydrogens (tertiary/aromatic N) is 6. The highest BCUT2D eigenvalue weighted by Gasteiger charge is 2.33. The van der Waals surface area contributed by atoms with Crippen LogP contribution in [0.15, 0.2) is 94.5 Å². The summed E-state index contributed by atoms with van der Waals surface area (Å²) < 4.78 is 1.81. The van der Waals surface area contributed by atoms with Crippen LogP contribution in [0.25, 0.3) is 5.69 Å². The molecule has 2 amide bonds. The van der Waals surface area contributed by atoms with Gasteiger partial charge in [0.05, 0.1) is 33.9 Å². The van der Waals surface area contributed by atoms with Crippen molar-refractivity contribution in [3.05, 3.63) is 133 Å². The van der Waals surface area contributed by atoms with Crippen LogP contribution < -0.4 is 5.32 Å². The minimum atomic E-state index is -0.509. The zero-order valence-electron chi connectivity index (χ0n) is 25.9. The summed E-state index contributed by atoms with van der Waals surface area (Å²) in [4.78, 5) is 38.8. The van der Waals surface area contributed by atoms with Gasteiger partial charge in [0, 0.05) is 29.3 Å². The molecule has 13 heteroatoms. The third-order valence-corrected chi connectivity index (χ3v) is 9.70. The third kappa shape index (κ3) is 6.86. The highest BCUT2D eigenvalue weighted by Crippen LogP contribution is 2.35. The molecule has 0 aliphatic carbocycles. The fourth-order valence-electron chi connectivity index (χ4n) is 5.43. The van der Waals surface area contributed by atoms with Gasteiger partial charge in [-0.15, -0.1) is 21.5 Å². The van der Waals surface area contributed by atoms with E-state index in [2.05, 4.69) is 15.5 Å². The van der Waals surface area contributed by atoms with Gasteiger partial charge in [-0.25, -0.2) is 5.01 Å². The molecule has 0 fully saturated rings. The second-order valence-electron chi connectivity index (χ2n) is 11.1. The summed E-state index contributed by atoms with van der Waals surface area (Å²) in [5, 5.41) is 31.8. The molecule has 0 unspecified atom stereocenters. The van der Waals surface area contributed by atoms with Gasteiger partial charge in [0.1, 0.15) is 0 Å². The Morgan fingerprint density at radius 2 is 1.79 bits per heavy atom. The molecule has 1 atom stereocenters. The van der Waals surface area contributed by atoms with E-state index in [4.69, 9.17) is 5.10 Å². The number of nitro benzene ring substituents is 1. The number of nitro groups is 1. The van der Waals surface area contributed by atoms with Crippen LogP contribution in [-0.4, -0.2) is 48.0 Å². The van der Waals surface area contributed by atoms with Gasteiger partial charge in [0.2, 0.25) is 0 Å². The number of carbonyl (C=O) groups is 2. The number of amides is 2. The highest BCUT2D eigenvalue weighted by atomic mass is 32.2. The Balaban J connectivity index is 1.24. The number of benzene rings is 3. The van der Waals surface area contributed by atoms with E-state index in [1.165, 1.54) is 23.9 Å². The van der Waals surface area contributed by atoms with Crippen LogP contribution in [-0.2, 0) is 11.3 Å². The summed E-state index contributed by atoms with van der Waals surface area (Å²) in [5.74, 6) is -0.127. The Morgan fingerprint density at radius 1 is 1.00 bits per heavy atom. The molecule has 0 bridgehead atoms. The topological polar surface area (TPSA) is 136 Å². The molecule has 5 aromatic rings. The van der Waals surface area contributed by atoms with Gasteiger partial charge in [-0.1, -0.05) is 65.9 Å². The Hall–Kier alpha value is -5.14. The van der Waals surface area contributed by atoms with Crippen LogP contribution in [0.1, 0.15) is 55.8 Å². The second kappa shape index (κ2) is 13.7. The van der Waals surface area contributed by atoms with E-state index in [1.54, 1.807) is 29.3 Å². The highest BCUT2D eigenvalue weighted by molar-refractivity contribution is 7.99. The lowest BCUT2D eigenvalue weighted by Gasteiger charge is -2.22. The standard InChI is InChI=1S/C34H31N7O4S2/c1-21-12-14-24(15-13-21)29-18-27(30-11-6-16-46-30)38-40(29)32(42)20-47-34-37-36-31(39(34)25-8-4-7-22(2)17-25)19-35-33(43)26-9-5-10-28(23(26)3)41(44)45/h4-17,29H,18-20H2,1-3H3,(H,35,43)/t29-/m0/s1.